The van der Waals surface area contributed by atoms with Gasteiger partial charge in [0.25, 0.3) is 5.91 Å². The Morgan fingerprint density at radius 1 is 0.972 bits per heavy atom. The Hall–Kier alpha value is -4.43. The molecule has 0 radical (unpaired) electrons. The van der Waals surface area contributed by atoms with E-state index in [1.54, 1.807) is 41.9 Å². The monoisotopic (exact) mass is 499 g/mol. The van der Waals surface area contributed by atoms with Crippen molar-refractivity contribution in [2.24, 2.45) is 0 Å². The van der Waals surface area contributed by atoms with Crippen molar-refractivity contribution in [1.82, 2.24) is 20.0 Å². The van der Waals surface area contributed by atoms with E-state index in [2.05, 4.69) is 15.7 Å². The van der Waals surface area contributed by atoms with Crippen molar-refractivity contribution in [2.75, 3.05) is 11.9 Å². The second kappa shape index (κ2) is 9.31. The Balaban J connectivity index is 1.39. The maximum atomic E-state index is 13.2. The fourth-order valence-electron chi connectivity index (χ4n) is 4.13. The van der Waals surface area contributed by atoms with E-state index in [9.17, 15) is 14.4 Å². The quantitative estimate of drug-likeness (QED) is 0.379. The standard InChI is InChI=1S/C27H22ClN5O3/c1-27(19-12-14-20(28)15-13-19)25(35)32(26(36)30-27)17-24(34)29-23-16-22(18-8-4-2-5-9-18)31-33(23)21-10-6-3-7-11-21/h2-16H,17H2,1H3,(H,29,34)(H,30,36). The normalized spacial score (nSPS) is 17.2. The number of imide groups is 1. The molecule has 4 aromatic rings. The topological polar surface area (TPSA) is 96.3 Å². The SMILES string of the molecule is CC1(c2ccc(Cl)cc2)NC(=O)N(CC(=O)Nc2cc(-c3ccccc3)nn2-c2ccccc2)C1=O. The van der Waals surface area contributed by atoms with Gasteiger partial charge in [0.15, 0.2) is 0 Å². The summed E-state index contributed by atoms with van der Waals surface area (Å²) in [6.07, 6.45) is 0. The second-order valence-corrected chi connectivity index (χ2v) is 8.97. The molecule has 1 atom stereocenters. The van der Waals surface area contributed by atoms with Crippen LogP contribution < -0.4 is 10.6 Å². The number of para-hydroxylation sites is 1. The molecule has 1 saturated heterocycles. The highest BCUT2D eigenvalue weighted by Crippen LogP contribution is 2.30. The summed E-state index contributed by atoms with van der Waals surface area (Å²) in [5, 5.41) is 10.7. The summed E-state index contributed by atoms with van der Waals surface area (Å²) in [5.74, 6) is -0.639. The first-order chi connectivity index (χ1) is 17.3. The van der Waals surface area contributed by atoms with Gasteiger partial charge in [0.1, 0.15) is 17.9 Å². The van der Waals surface area contributed by atoms with Crippen molar-refractivity contribution in [3.8, 4) is 16.9 Å². The smallest absolute Gasteiger partial charge is 0.319 e. The minimum atomic E-state index is -1.30. The van der Waals surface area contributed by atoms with Gasteiger partial charge in [0.2, 0.25) is 5.91 Å². The van der Waals surface area contributed by atoms with E-state index in [1.165, 1.54) is 0 Å². The summed E-state index contributed by atoms with van der Waals surface area (Å²) in [5.41, 5.74) is 1.58. The summed E-state index contributed by atoms with van der Waals surface area (Å²) >= 11 is 5.96. The Labute approximate surface area is 212 Å². The van der Waals surface area contributed by atoms with Gasteiger partial charge in [-0.1, -0.05) is 72.3 Å². The minimum absolute atomic E-state index is 0.414. The summed E-state index contributed by atoms with van der Waals surface area (Å²) in [7, 11) is 0. The average Bonchev–Trinajstić information content (AvgIpc) is 3.40. The van der Waals surface area contributed by atoms with Gasteiger partial charge in [-0.25, -0.2) is 9.48 Å². The number of hydrogen-bond donors (Lipinski definition) is 2. The van der Waals surface area contributed by atoms with Crippen molar-refractivity contribution in [3.63, 3.8) is 0 Å². The molecular formula is C27H22ClN5O3. The molecule has 0 spiro atoms. The largest absolute Gasteiger partial charge is 0.325 e. The van der Waals surface area contributed by atoms with Gasteiger partial charge in [-0.2, -0.15) is 5.10 Å². The van der Waals surface area contributed by atoms with Crippen LogP contribution in [0.2, 0.25) is 5.02 Å². The molecule has 2 N–H and O–H groups in total. The van der Waals surface area contributed by atoms with E-state index in [-0.39, 0.29) is 0 Å². The zero-order valence-electron chi connectivity index (χ0n) is 19.3. The lowest BCUT2D eigenvalue weighted by molar-refractivity contribution is -0.133. The molecular weight excluding hydrogens is 478 g/mol. The number of carbonyl (C=O) groups excluding carboxylic acids is 3. The molecule has 1 aliphatic rings. The number of anilines is 1. The summed E-state index contributed by atoms with van der Waals surface area (Å²) in [4.78, 5) is 39.8. The third-order valence-electron chi connectivity index (χ3n) is 6.05. The van der Waals surface area contributed by atoms with Crippen LogP contribution in [-0.4, -0.2) is 39.1 Å². The molecule has 0 saturated carbocycles. The third-order valence-corrected chi connectivity index (χ3v) is 6.30. The number of urea groups is 1. The third kappa shape index (κ3) is 4.34. The second-order valence-electron chi connectivity index (χ2n) is 8.53. The first kappa shape index (κ1) is 23.3. The number of halogens is 1. The Kier molecular flexibility index (Phi) is 6.03. The highest BCUT2D eigenvalue weighted by atomic mass is 35.5. The highest BCUT2D eigenvalue weighted by molar-refractivity contribution is 6.30. The molecule has 5 rings (SSSR count). The van der Waals surface area contributed by atoms with E-state index in [0.29, 0.717) is 22.1 Å². The molecule has 1 aromatic heterocycles. The van der Waals surface area contributed by atoms with Gasteiger partial charge < -0.3 is 10.6 Å². The molecule has 1 unspecified atom stereocenters. The van der Waals surface area contributed by atoms with Crippen LogP contribution in [0.4, 0.5) is 10.6 Å². The van der Waals surface area contributed by atoms with Crippen LogP contribution in [0.15, 0.2) is 91.0 Å². The summed E-state index contributed by atoms with van der Waals surface area (Å²) < 4.78 is 1.62. The van der Waals surface area contributed by atoms with Crippen molar-refractivity contribution in [2.45, 2.75) is 12.5 Å². The highest BCUT2D eigenvalue weighted by Gasteiger charge is 2.49. The molecule has 8 nitrogen and oxygen atoms in total. The Bertz CT molecular complexity index is 1440. The van der Waals surface area contributed by atoms with Gasteiger partial charge in [-0.15, -0.1) is 0 Å². The summed E-state index contributed by atoms with van der Waals surface area (Å²) in [6, 6.07) is 26.7. The molecule has 1 aliphatic heterocycles. The van der Waals surface area contributed by atoms with Crippen LogP contribution in [0.25, 0.3) is 16.9 Å². The summed E-state index contributed by atoms with van der Waals surface area (Å²) in [6.45, 7) is 1.15. The Morgan fingerprint density at radius 2 is 1.61 bits per heavy atom. The molecule has 9 heteroatoms. The van der Waals surface area contributed by atoms with E-state index in [4.69, 9.17) is 11.6 Å². The van der Waals surface area contributed by atoms with Crippen LogP contribution >= 0.6 is 11.6 Å². The molecule has 1 fully saturated rings. The van der Waals surface area contributed by atoms with Crippen LogP contribution in [0.3, 0.4) is 0 Å². The van der Waals surface area contributed by atoms with Gasteiger partial charge in [0, 0.05) is 16.7 Å². The molecule has 3 aromatic carbocycles. The van der Waals surface area contributed by atoms with Crippen molar-refractivity contribution >= 4 is 35.3 Å². The predicted molar refractivity (Wildman–Crippen MR) is 137 cm³/mol. The van der Waals surface area contributed by atoms with E-state index in [0.717, 1.165) is 16.2 Å². The lowest BCUT2D eigenvalue weighted by atomic mass is 9.92. The van der Waals surface area contributed by atoms with Crippen LogP contribution in [-0.2, 0) is 15.1 Å². The fourth-order valence-corrected chi connectivity index (χ4v) is 4.26. The van der Waals surface area contributed by atoms with Crippen LogP contribution in [0, 0.1) is 0 Å². The number of carbonyl (C=O) groups is 3. The number of nitrogens with one attached hydrogen (secondary N) is 2. The molecule has 2 heterocycles. The zero-order valence-corrected chi connectivity index (χ0v) is 20.1. The van der Waals surface area contributed by atoms with Gasteiger partial charge >= 0.3 is 6.03 Å². The average molecular weight is 500 g/mol. The predicted octanol–water partition coefficient (Wildman–Crippen LogP) is 4.60. The minimum Gasteiger partial charge on any atom is -0.319 e. The van der Waals surface area contributed by atoms with Gasteiger partial charge in [-0.3, -0.25) is 14.5 Å². The molecule has 4 amide bonds. The first-order valence-electron chi connectivity index (χ1n) is 11.3. The fraction of sp³-hybridized carbons (Fsp3) is 0.111. The number of rotatable bonds is 6. The van der Waals surface area contributed by atoms with Gasteiger partial charge in [-0.05, 0) is 36.8 Å². The van der Waals surface area contributed by atoms with E-state index < -0.39 is 29.9 Å². The van der Waals surface area contributed by atoms with Crippen molar-refractivity contribution in [3.05, 3.63) is 102 Å². The number of aromatic nitrogens is 2. The number of hydrogen-bond acceptors (Lipinski definition) is 4. The maximum Gasteiger partial charge on any atom is 0.325 e. The molecule has 0 aliphatic carbocycles. The van der Waals surface area contributed by atoms with Crippen molar-refractivity contribution in [1.29, 1.82) is 0 Å². The van der Waals surface area contributed by atoms with E-state index >= 15 is 0 Å². The number of nitrogens with zero attached hydrogens (tertiary/aromatic N) is 3. The van der Waals surface area contributed by atoms with E-state index in [1.807, 2.05) is 60.7 Å². The lowest BCUT2D eigenvalue weighted by Gasteiger charge is -2.22. The first-order valence-corrected chi connectivity index (χ1v) is 11.6. The van der Waals surface area contributed by atoms with Crippen LogP contribution in [0.1, 0.15) is 12.5 Å². The number of amides is 4. The van der Waals surface area contributed by atoms with Crippen LogP contribution in [0.5, 0.6) is 0 Å². The maximum absolute atomic E-state index is 13.2. The number of benzene rings is 3. The lowest BCUT2D eigenvalue weighted by Crippen LogP contribution is -2.42. The Morgan fingerprint density at radius 3 is 2.28 bits per heavy atom. The molecule has 36 heavy (non-hydrogen) atoms. The molecule has 180 valence electrons. The zero-order chi connectivity index (χ0) is 25.3. The van der Waals surface area contributed by atoms with Crippen molar-refractivity contribution < 1.29 is 14.4 Å². The van der Waals surface area contributed by atoms with Gasteiger partial charge in [0.05, 0.1) is 11.4 Å². The molecule has 0 bridgehead atoms.